The number of methoxy groups -OCH3 is 1. The molecule has 0 radical (unpaired) electrons. The molecule has 0 amide bonds. The van der Waals surface area contributed by atoms with Crippen LogP contribution in [-0.4, -0.2) is 54.9 Å². The maximum Gasteiger partial charge on any atom is 0.276 e. The van der Waals surface area contributed by atoms with Crippen LogP contribution in [0.3, 0.4) is 0 Å². The van der Waals surface area contributed by atoms with Crippen molar-refractivity contribution in [2.24, 2.45) is 0 Å². The number of phenols is 1. The molecular formula is C14H20N2O5. The Balaban J connectivity index is 2.01. The van der Waals surface area contributed by atoms with Gasteiger partial charge in [0.25, 0.3) is 5.69 Å². The zero-order valence-electron chi connectivity index (χ0n) is 12.1. The van der Waals surface area contributed by atoms with Gasteiger partial charge in [0, 0.05) is 18.7 Å². The zero-order valence-corrected chi connectivity index (χ0v) is 12.1. The molecule has 7 nitrogen and oxygen atoms in total. The third-order valence-corrected chi connectivity index (χ3v) is 3.60. The van der Waals surface area contributed by atoms with E-state index in [4.69, 9.17) is 9.47 Å². The number of aromatic hydroxyl groups is 1. The van der Waals surface area contributed by atoms with Gasteiger partial charge in [-0.3, -0.25) is 15.0 Å². The van der Waals surface area contributed by atoms with Crippen molar-refractivity contribution in [3.8, 4) is 11.5 Å². The van der Waals surface area contributed by atoms with Gasteiger partial charge >= 0.3 is 0 Å². The fourth-order valence-corrected chi connectivity index (χ4v) is 2.45. The molecule has 21 heavy (non-hydrogen) atoms. The first-order chi connectivity index (χ1) is 10.1. The van der Waals surface area contributed by atoms with Crippen molar-refractivity contribution in [1.82, 2.24) is 4.90 Å². The molecule has 0 bridgehead atoms. The molecule has 7 heteroatoms. The Kier molecular flexibility index (Phi) is 5.35. The molecule has 0 aromatic heterocycles. The lowest BCUT2D eigenvalue weighted by atomic mass is 10.1. The highest BCUT2D eigenvalue weighted by Crippen LogP contribution is 2.34. The Hall–Kier alpha value is -1.86. The van der Waals surface area contributed by atoms with Crippen LogP contribution in [0.1, 0.15) is 12.0 Å². The maximum atomic E-state index is 11.1. The third kappa shape index (κ3) is 4.05. The van der Waals surface area contributed by atoms with Crippen LogP contribution in [0, 0.1) is 10.1 Å². The van der Waals surface area contributed by atoms with Gasteiger partial charge in [0.2, 0.25) is 0 Å². The summed E-state index contributed by atoms with van der Waals surface area (Å²) in [7, 11) is 1.37. The summed E-state index contributed by atoms with van der Waals surface area (Å²) in [6.45, 7) is 4.15. The van der Waals surface area contributed by atoms with Crippen LogP contribution in [0.5, 0.6) is 11.5 Å². The molecule has 1 N–H and O–H groups in total. The molecule has 0 spiro atoms. The summed E-state index contributed by atoms with van der Waals surface area (Å²) in [5.74, 6) is 0.0584. The van der Waals surface area contributed by atoms with E-state index in [2.05, 4.69) is 4.90 Å². The van der Waals surface area contributed by atoms with Crippen molar-refractivity contribution in [3.63, 3.8) is 0 Å². The average Bonchev–Trinajstić information content (AvgIpc) is 2.48. The SMILES string of the molecule is COc1cc([N+](=O)[O-])c(CCCN2CCOCC2)cc1O. The van der Waals surface area contributed by atoms with Crippen molar-refractivity contribution in [2.75, 3.05) is 40.0 Å². The summed E-state index contributed by atoms with van der Waals surface area (Å²) in [6.07, 6.45) is 1.35. The Morgan fingerprint density at radius 2 is 2.14 bits per heavy atom. The number of nitro benzene ring substituents is 1. The predicted octanol–water partition coefficient (Wildman–Crippen LogP) is 1.57. The predicted molar refractivity (Wildman–Crippen MR) is 76.9 cm³/mol. The highest BCUT2D eigenvalue weighted by atomic mass is 16.6. The van der Waals surface area contributed by atoms with Gasteiger partial charge in [0.15, 0.2) is 11.5 Å². The van der Waals surface area contributed by atoms with E-state index in [-0.39, 0.29) is 17.2 Å². The standard InChI is InChI=1S/C14H20N2O5/c1-20-14-10-12(16(18)19)11(9-13(14)17)3-2-4-15-5-7-21-8-6-15/h9-10,17H,2-8H2,1H3. The number of rotatable bonds is 6. The van der Waals surface area contributed by atoms with Crippen LogP contribution in [0.4, 0.5) is 5.69 Å². The molecule has 0 atom stereocenters. The van der Waals surface area contributed by atoms with Gasteiger partial charge in [-0.2, -0.15) is 0 Å². The van der Waals surface area contributed by atoms with Gasteiger partial charge in [-0.25, -0.2) is 0 Å². The van der Waals surface area contributed by atoms with Crippen LogP contribution in [-0.2, 0) is 11.2 Å². The molecule has 2 rings (SSSR count). The second-order valence-electron chi connectivity index (χ2n) is 4.97. The van der Waals surface area contributed by atoms with E-state index in [0.717, 1.165) is 39.3 Å². The number of nitrogens with zero attached hydrogens (tertiary/aromatic N) is 2. The molecule has 1 aliphatic rings. The van der Waals surface area contributed by atoms with Crippen molar-refractivity contribution < 1.29 is 19.5 Å². The van der Waals surface area contributed by atoms with E-state index >= 15 is 0 Å². The molecule has 1 saturated heterocycles. The van der Waals surface area contributed by atoms with E-state index < -0.39 is 4.92 Å². The van der Waals surface area contributed by atoms with Crippen molar-refractivity contribution in [2.45, 2.75) is 12.8 Å². The summed E-state index contributed by atoms with van der Waals surface area (Å²) >= 11 is 0. The molecule has 116 valence electrons. The smallest absolute Gasteiger partial charge is 0.276 e. The van der Waals surface area contributed by atoms with E-state index in [1.54, 1.807) is 0 Å². The molecule has 0 aliphatic carbocycles. The van der Waals surface area contributed by atoms with Crippen LogP contribution in [0.15, 0.2) is 12.1 Å². The minimum Gasteiger partial charge on any atom is -0.504 e. The minimum absolute atomic E-state index is 0.00775. The van der Waals surface area contributed by atoms with Crippen LogP contribution < -0.4 is 4.74 Å². The van der Waals surface area contributed by atoms with Gasteiger partial charge in [-0.05, 0) is 25.5 Å². The molecule has 1 fully saturated rings. The van der Waals surface area contributed by atoms with Gasteiger partial charge < -0.3 is 14.6 Å². The topological polar surface area (TPSA) is 85.1 Å². The van der Waals surface area contributed by atoms with E-state index in [1.807, 2.05) is 0 Å². The first-order valence-corrected chi connectivity index (χ1v) is 6.96. The second-order valence-corrected chi connectivity index (χ2v) is 4.97. The second kappa shape index (κ2) is 7.24. The van der Waals surface area contributed by atoms with Crippen molar-refractivity contribution >= 4 is 5.69 Å². The number of nitro groups is 1. The number of morpholine rings is 1. The molecule has 1 aromatic rings. The normalized spacial score (nSPS) is 15.9. The molecule has 1 aliphatic heterocycles. The Labute approximate surface area is 123 Å². The Morgan fingerprint density at radius 1 is 1.43 bits per heavy atom. The van der Waals surface area contributed by atoms with E-state index in [1.165, 1.54) is 19.2 Å². The van der Waals surface area contributed by atoms with Gasteiger partial charge in [0.05, 0.1) is 31.3 Å². The third-order valence-electron chi connectivity index (χ3n) is 3.60. The largest absolute Gasteiger partial charge is 0.504 e. The Bertz CT molecular complexity index is 500. The highest BCUT2D eigenvalue weighted by Gasteiger charge is 2.19. The lowest BCUT2D eigenvalue weighted by Gasteiger charge is -2.26. The highest BCUT2D eigenvalue weighted by molar-refractivity contribution is 5.53. The number of hydrogen-bond donors (Lipinski definition) is 1. The average molecular weight is 296 g/mol. The van der Waals surface area contributed by atoms with Crippen LogP contribution in [0.2, 0.25) is 0 Å². The lowest BCUT2D eigenvalue weighted by Crippen LogP contribution is -2.36. The van der Waals surface area contributed by atoms with Gasteiger partial charge in [-0.15, -0.1) is 0 Å². The molecule has 1 aromatic carbocycles. The first kappa shape index (κ1) is 15.5. The number of benzene rings is 1. The molecule has 1 heterocycles. The fourth-order valence-electron chi connectivity index (χ4n) is 2.45. The van der Waals surface area contributed by atoms with Crippen molar-refractivity contribution in [1.29, 1.82) is 0 Å². The van der Waals surface area contributed by atoms with Gasteiger partial charge in [-0.1, -0.05) is 0 Å². The summed E-state index contributed by atoms with van der Waals surface area (Å²) in [5, 5.41) is 20.9. The van der Waals surface area contributed by atoms with E-state index in [9.17, 15) is 15.2 Å². The quantitative estimate of drug-likeness (QED) is 0.633. The number of ether oxygens (including phenoxy) is 2. The lowest BCUT2D eigenvalue weighted by molar-refractivity contribution is -0.385. The van der Waals surface area contributed by atoms with Crippen molar-refractivity contribution in [3.05, 3.63) is 27.8 Å². The van der Waals surface area contributed by atoms with Crippen LogP contribution in [0.25, 0.3) is 0 Å². The monoisotopic (exact) mass is 296 g/mol. The van der Waals surface area contributed by atoms with Gasteiger partial charge in [0.1, 0.15) is 0 Å². The first-order valence-electron chi connectivity index (χ1n) is 6.96. The number of phenolic OH excluding ortho intramolecular Hbond substituents is 1. The maximum absolute atomic E-state index is 11.1. The minimum atomic E-state index is -0.438. The number of hydrogen-bond acceptors (Lipinski definition) is 6. The summed E-state index contributed by atoms with van der Waals surface area (Å²) in [6, 6.07) is 2.70. The molecule has 0 unspecified atom stereocenters. The zero-order chi connectivity index (χ0) is 15.2. The number of aryl methyl sites for hydroxylation is 1. The summed E-state index contributed by atoms with van der Waals surface area (Å²) in [5.41, 5.74) is 0.526. The van der Waals surface area contributed by atoms with Crippen LogP contribution >= 0.6 is 0 Å². The fraction of sp³-hybridized carbons (Fsp3) is 0.571. The van der Waals surface area contributed by atoms with E-state index in [0.29, 0.717) is 12.0 Å². The summed E-state index contributed by atoms with van der Waals surface area (Å²) in [4.78, 5) is 12.9. The molecular weight excluding hydrogens is 276 g/mol. The summed E-state index contributed by atoms with van der Waals surface area (Å²) < 4.78 is 10.2. The Morgan fingerprint density at radius 3 is 2.76 bits per heavy atom. The molecule has 0 saturated carbocycles.